The molecule has 1 aliphatic carbocycles. The maximum absolute atomic E-state index is 6.04. The molecule has 2 unspecified atom stereocenters. The Balaban J connectivity index is 1.51. The van der Waals surface area contributed by atoms with E-state index in [9.17, 15) is 0 Å². The van der Waals surface area contributed by atoms with Crippen LogP contribution in [0.15, 0.2) is 18.2 Å². The van der Waals surface area contributed by atoms with Gasteiger partial charge in [-0.05, 0) is 55.7 Å². The molecule has 2 aliphatic heterocycles. The maximum Gasteiger partial charge on any atom is 0.0956 e. The minimum absolute atomic E-state index is 0.00917. The van der Waals surface area contributed by atoms with Gasteiger partial charge in [-0.1, -0.05) is 12.1 Å². The minimum Gasteiger partial charge on any atom is -0.382 e. The molecule has 3 aliphatic rings. The first kappa shape index (κ1) is 13.6. The molecule has 0 bridgehead atoms. The van der Waals surface area contributed by atoms with Gasteiger partial charge in [0.25, 0.3) is 0 Å². The molecule has 2 atom stereocenters. The van der Waals surface area contributed by atoms with Gasteiger partial charge in [0.15, 0.2) is 0 Å². The summed E-state index contributed by atoms with van der Waals surface area (Å²) in [5.74, 6) is 0. The quantitative estimate of drug-likeness (QED) is 0.905. The highest BCUT2D eigenvalue weighted by Gasteiger charge is 2.41. The van der Waals surface area contributed by atoms with Crippen molar-refractivity contribution in [2.45, 2.75) is 56.6 Å². The Labute approximate surface area is 127 Å². The summed E-state index contributed by atoms with van der Waals surface area (Å²) < 4.78 is 11.6. The Bertz CT molecular complexity index is 508. The second-order valence-electron chi connectivity index (χ2n) is 6.82. The van der Waals surface area contributed by atoms with Gasteiger partial charge in [0.1, 0.15) is 0 Å². The molecule has 114 valence electrons. The molecule has 4 rings (SSSR count). The summed E-state index contributed by atoms with van der Waals surface area (Å²) in [6.45, 7) is 2.49. The van der Waals surface area contributed by atoms with E-state index in [-0.39, 0.29) is 5.60 Å². The van der Waals surface area contributed by atoms with E-state index in [0.717, 1.165) is 39.1 Å². The lowest BCUT2D eigenvalue weighted by Gasteiger charge is -2.38. The highest BCUT2D eigenvalue weighted by Crippen LogP contribution is 2.35. The van der Waals surface area contributed by atoms with Crippen LogP contribution in [-0.2, 0) is 22.3 Å². The van der Waals surface area contributed by atoms with Crippen LogP contribution in [0, 0.1) is 0 Å². The highest BCUT2D eigenvalue weighted by atomic mass is 16.6. The van der Waals surface area contributed by atoms with Crippen molar-refractivity contribution in [3.8, 4) is 0 Å². The summed E-state index contributed by atoms with van der Waals surface area (Å²) >= 11 is 0. The Morgan fingerprint density at radius 3 is 3.00 bits per heavy atom. The minimum atomic E-state index is -0.00917. The van der Waals surface area contributed by atoms with E-state index in [1.807, 2.05) is 0 Å². The number of benzene rings is 1. The summed E-state index contributed by atoms with van der Waals surface area (Å²) in [5.41, 5.74) is 4.47. The maximum atomic E-state index is 6.04. The Hall–Kier alpha value is -1.06. The van der Waals surface area contributed by atoms with Gasteiger partial charge < -0.3 is 14.8 Å². The molecule has 0 aromatic heterocycles. The van der Waals surface area contributed by atoms with Gasteiger partial charge in [0, 0.05) is 31.4 Å². The predicted molar refractivity (Wildman–Crippen MR) is 83.8 cm³/mol. The molecule has 2 fully saturated rings. The first-order chi connectivity index (χ1) is 10.3. The molecule has 2 saturated heterocycles. The van der Waals surface area contributed by atoms with Crippen LogP contribution in [0.1, 0.15) is 43.2 Å². The van der Waals surface area contributed by atoms with Crippen LogP contribution in [0.5, 0.6) is 0 Å². The average Bonchev–Trinajstić information content (AvgIpc) is 2.95. The van der Waals surface area contributed by atoms with Crippen molar-refractivity contribution in [1.29, 1.82) is 0 Å². The lowest BCUT2D eigenvalue weighted by atomic mass is 9.88. The first-order valence-corrected chi connectivity index (χ1v) is 8.44. The zero-order valence-electron chi connectivity index (χ0n) is 12.7. The molecule has 2 heterocycles. The third kappa shape index (κ3) is 2.69. The van der Waals surface area contributed by atoms with E-state index in [1.54, 1.807) is 11.1 Å². The zero-order chi connectivity index (χ0) is 14.1. The van der Waals surface area contributed by atoms with Crippen LogP contribution < -0.4 is 5.32 Å². The van der Waals surface area contributed by atoms with Gasteiger partial charge in [-0.2, -0.15) is 0 Å². The molecule has 3 heteroatoms. The van der Waals surface area contributed by atoms with Crippen molar-refractivity contribution in [1.82, 2.24) is 0 Å². The van der Waals surface area contributed by atoms with Crippen LogP contribution in [0.25, 0.3) is 0 Å². The molecule has 1 spiro atoms. The smallest absolute Gasteiger partial charge is 0.0956 e. The second-order valence-corrected chi connectivity index (χ2v) is 6.82. The number of hydrogen-bond acceptors (Lipinski definition) is 3. The molecule has 1 aromatic rings. The number of aryl methyl sites for hydroxylation is 1. The van der Waals surface area contributed by atoms with Crippen molar-refractivity contribution in [3.63, 3.8) is 0 Å². The van der Waals surface area contributed by atoms with Gasteiger partial charge >= 0.3 is 0 Å². The van der Waals surface area contributed by atoms with Gasteiger partial charge in [-0.3, -0.25) is 0 Å². The fourth-order valence-electron chi connectivity index (χ4n) is 4.15. The lowest BCUT2D eigenvalue weighted by Crippen LogP contribution is -2.45. The third-order valence-corrected chi connectivity index (χ3v) is 5.32. The van der Waals surface area contributed by atoms with Gasteiger partial charge in [0.05, 0.1) is 12.2 Å². The monoisotopic (exact) mass is 287 g/mol. The molecule has 0 amide bonds. The summed E-state index contributed by atoms with van der Waals surface area (Å²) in [7, 11) is 0. The zero-order valence-corrected chi connectivity index (χ0v) is 12.7. The van der Waals surface area contributed by atoms with Crippen LogP contribution in [0.4, 0.5) is 5.69 Å². The van der Waals surface area contributed by atoms with E-state index in [0.29, 0.717) is 6.04 Å². The van der Waals surface area contributed by atoms with Crippen molar-refractivity contribution in [2.24, 2.45) is 0 Å². The fraction of sp³-hybridized carbons (Fsp3) is 0.667. The largest absolute Gasteiger partial charge is 0.382 e. The molecule has 0 saturated carbocycles. The van der Waals surface area contributed by atoms with Crippen molar-refractivity contribution >= 4 is 5.69 Å². The predicted octanol–water partition coefficient (Wildman–Crippen LogP) is 3.32. The molecule has 0 radical (unpaired) electrons. The molecule has 21 heavy (non-hydrogen) atoms. The van der Waals surface area contributed by atoms with Crippen molar-refractivity contribution in [3.05, 3.63) is 29.3 Å². The molecular formula is C18H25NO2. The van der Waals surface area contributed by atoms with E-state index in [2.05, 4.69) is 23.5 Å². The number of fused-ring (bicyclic) bond motifs is 1. The van der Waals surface area contributed by atoms with Crippen LogP contribution >= 0.6 is 0 Å². The lowest BCUT2D eigenvalue weighted by molar-refractivity contribution is -0.0828. The Morgan fingerprint density at radius 1 is 1.14 bits per heavy atom. The van der Waals surface area contributed by atoms with E-state index in [4.69, 9.17) is 9.47 Å². The van der Waals surface area contributed by atoms with Crippen molar-refractivity contribution < 1.29 is 9.47 Å². The van der Waals surface area contributed by atoms with Gasteiger partial charge in [0.2, 0.25) is 0 Å². The fourth-order valence-corrected chi connectivity index (χ4v) is 4.15. The van der Waals surface area contributed by atoms with E-state index < -0.39 is 0 Å². The number of rotatable bonds is 2. The van der Waals surface area contributed by atoms with Gasteiger partial charge in [-0.25, -0.2) is 0 Å². The molecular weight excluding hydrogens is 262 g/mol. The first-order valence-electron chi connectivity index (χ1n) is 8.44. The summed E-state index contributed by atoms with van der Waals surface area (Å²) in [5, 5.41) is 3.82. The van der Waals surface area contributed by atoms with Crippen LogP contribution in [-0.4, -0.2) is 31.5 Å². The molecule has 1 aromatic carbocycles. The van der Waals surface area contributed by atoms with Crippen LogP contribution in [0.2, 0.25) is 0 Å². The molecule has 3 nitrogen and oxygen atoms in total. The molecule has 1 N–H and O–H groups in total. The number of anilines is 1. The summed E-state index contributed by atoms with van der Waals surface area (Å²) in [4.78, 5) is 0. The highest BCUT2D eigenvalue weighted by molar-refractivity contribution is 5.56. The Kier molecular flexibility index (Phi) is 3.64. The Morgan fingerprint density at radius 2 is 2.10 bits per heavy atom. The average molecular weight is 287 g/mol. The normalized spacial score (nSPS) is 32.1. The van der Waals surface area contributed by atoms with Crippen molar-refractivity contribution in [2.75, 3.05) is 25.1 Å². The summed E-state index contributed by atoms with van der Waals surface area (Å²) in [6.07, 6.45) is 8.39. The topological polar surface area (TPSA) is 30.5 Å². The second kappa shape index (κ2) is 5.62. The van der Waals surface area contributed by atoms with Crippen LogP contribution in [0.3, 0.4) is 0 Å². The SMILES string of the molecule is c1cc2c(c(NC3CCOC4(CCOC4)C3)c1)CCCC2. The number of nitrogens with one attached hydrogen (secondary N) is 1. The number of hydrogen-bond donors (Lipinski definition) is 1. The van der Waals surface area contributed by atoms with Gasteiger partial charge in [-0.15, -0.1) is 0 Å². The third-order valence-electron chi connectivity index (χ3n) is 5.32. The number of ether oxygens (including phenoxy) is 2. The van der Waals surface area contributed by atoms with E-state index >= 15 is 0 Å². The van der Waals surface area contributed by atoms with E-state index in [1.165, 1.54) is 31.4 Å². The summed E-state index contributed by atoms with van der Waals surface area (Å²) in [6, 6.07) is 7.29. The standard InChI is InChI=1S/C18H25NO2/c1-2-6-16-14(4-1)5-3-7-17(16)19-15-8-10-21-18(12-15)9-11-20-13-18/h3,5,7,15,19H,1-2,4,6,8-13H2.